The molecule has 5 nitrogen and oxygen atoms in total. The summed E-state index contributed by atoms with van der Waals surface area (Å²) in [4.78, 5) is 0. The van der Waals surface area contributed by atoms with Gasteiger partial charge in [-0.1, -0.05) is 0 Å². The van der Waals surface area contributed by atoms with Crippen LogP contribution in [-0.4, -0.2) is 57.8 Å². The van der Waals surface area contributed by atoms with Crippen molar-refractivity contribution in [1.29, 1.82) is 0 Å². The van der Waals surface area contributed by atoms with Gasteiger partial charge in [0.25, 0.3) is 0 Å². The van der Waals surface area contributed by atoms with Gasteiger partial charge in [-0.15, -0.1) is 0 Å². The van der Waals surface area contributed by atoms with E-state index in [-0.39, 0.29) is 17.4 Å². The average Bonchev–Trinajstić information content (AvgIpc) is 2.53. The smallest absolute Gasteiger partial charge is 0.152 e. The van der Waals surface area contributed by atoms with Gasteiger partial charge in [0, 0.05) is 25.2 Å². The van der Waals surface area contributed by atoms with Crippen molar-refractivity contribution in [3.05, 3.63) is 0 Å². The molecule has 94 valence electrons. The van der Waals surface area contributed by atoms with Crippen LogP contribution in [0.15, 0.2) is 0 Å². The molecule has 0 saturated carbocycles. The van der Waals surface area contributed by atoms with E-state index in [1.807, 2.05) is 6.92 Å². The third-order valence-electron chi connectivity index (χ3n) is 3.26. The fourth-order valence-corrected chi connectivity index (χ4v) is 4.38. The van der Waals surface area contributed by atoms with E-state index < -0.39 is 9.84 Å². The van der Waals surface area contributed by atoms with Crippen LogP contribution in [0.5, 0.6) is 0 Å². The minimum absolute atomic E-state index is 0.161. The molecule has 2 N–H and O–H groups in total. The molecule has 2 aliphatic heterocycles. The maximum Gasteiger partial charge on any atom is 0.152 e. The molecule has 0 aromatic heterocycles. The van der Waals surface area contributed by atoms with Crippen molar-refractivity contribution in [3.63, 3.8) is 0 Å². The molecule has 0 aromatic rings. The highest BCUT2D eigenvalue weighted by molar-refractivity contribution is 7.91. The summed E-state index contributed by atoms with van der Waals surface area (Å²) in [5.41, 5.74) is -0.264. The number of hydrogen-bond acceptors (Lipinski definition) is 5. The molecule has 2 fully saturated rings. The summed E-state index contributed by atoms with van der Waals surface area (Å²) in [5, 5.41) is 6.59. The quantitative estimate of drug-likeness (QED) is 0.680. The van der Waals surface area contributed by atoms with E-state index in [1.165, 1.54) is 0 Å². The second kappa shape index (κ2) is 4.60. The average molecular weight is 248 g/mol. The van der Waals surface area contributed by atoms with Gasteiger partial charge in [0.2, 0.25) is 0 Å². The summed E-state index contributed by atoms with van der Waals surface area (Å²) >= 11 is 0. The van der Waals surface area contributed by atoms with Gasteiger partial charge in [-0.3, -0.25) is 0 Å². The van der Waals surface area contributed by atoms with Crippen LogP contribution in [0.3, 0.4) is 0 Å². The third kappa shape index (κ3) is 3.16. The summed E-state index contributed by atoms with van der Waals surface area (Å²) in [5.74, 6) is 0.556. The van der Waals surface area contributed by atoms with Gasteiger partial charge in [-0.25, -0.2) is 8.42 Å². The Bertz CT molecular complexity index is 338. The van der Waals surface area contributed by atoms with Gasteiger partial charge in [0.1, 0.15) is 0 Å². The van der Waals surface area contributed by atoms with Crippen molar-refractivity contribution in [1.82, 2.24) is 10.6 Å². The fraction of sp³-hybridized carbons (Fsp3) is 1.00. The van der Waals surface area contributed by atoms with Gasteiger partial charge in [-0.2, -0.15) is 0 Å². The molecule has 16 heavy (non-hydrogen) atoms. The molecule has 0 amide bonds. The van der Waals surface area contributed by atoms with E-state index in [1.54, 1.807) is 0 Å². The Morgan fingerprint density at radius 3 is 2.94 bits per heavy atom. The minimum Gasteiger partial charge on any atom is -0.374 e. The number of rotatable bonds is 3. The SMILES string of the molecule is CC1(NCC2CNCCO2)CCS(=O)(=O)C1. The first-order chi connectivity index (χ1) is 7.49. The number of nitrogens with one attached hydrogen (secondary N) is 2. The summed E-state index contributed by atoms with van der Waals surface area (Å²) in [6, 6.07) is 0. The Hall–Kier alpha value is -0.170. The Morgan fingerprint density at radius 2 is 2.38 bits per heavy atom. The molecule has 0 bridgehead atoms. The first kappa shape index (κ1) is 12.3. The molecule has 0 aliphatic carbocycles. The lowest BCUT2D eigenvalue weighted by Crippen LogP contribution is -2.51. The van der Waals surface area contributed by atoms with E-state index in [4.69, 9.17) is 4.74 Å². The predicted octanol–water partition coefficient (Wildman–Crippen LogP) is -0.858. The second-order valence-corrected chi connectivity index (χ2v) is 7.16. The fourth-order valence-electron chi connectivity index (χ4n) is 2.26. The molecular formula is C10H20N2O3S. The molecule has 2 heterocycles. The van der Waals surface area contributed by atoms with Crippen molar-refractivity contribution in [3.8, 4) is 0 Å². The first-order valence-electron chi connectivity index (χ1n) is 5.77. The Balaban J connectivity index is 1.81. The first-order valence-corrected chi connectivity index (χ1v) is 7.59. The van der Waals surface area contributed by atoms with Crippen molar-refractivity contribution < 1.29 is 13.2 Å². The third-order valence-corrected chi connectivity index (χ3v) is 5.17. The van der Waals surface area contributed by atoms with Crippen LogP contribution in [0.1, 0.15) is 13.3 Å². The molecule has 0 aromatic carbocycles. The van der Waals surface area contributed by atoms with Crippen LogP contribution in [0.25, 0.3) is 0 Å². The van der Waals surface area contributed by atoms with Crippen LogP contribution in [0.4, 0.5) is 0 Å². The van der Waals surface area contributed by atoms with Gasteiger partial charge in [-0.05, 0) is 13.3 Å². The van der Waals surface area contributed by atoms with Crippen molar-refractivity contribution in [2.24, 2.45) is 0 Å². The highest BCUT2D eigenvalue weighted by atomic mass is 32.2. The summed E-state index contributed by atoms with van der Waals surface area (Å²) in [6.45, 7) is 5.19. The van der Waals surface area contributed by atoms with Crippen LogP contribution >= 0.6 is 0 Å². The predicted molar refractivity (Wildman–Crippen MR) is 62.3 cm³/mol. The number of sulfone groups is 1. The van der Waals surface area contributed by atoms with Gasteiger partial charge in [0.05, 0.1) is 24.2 Å². The maximum absolute atomic E-state index is 11.4. The number of morpholine rings is 1. The van der Waals surface area contributed by atoms with Crippen LogP contribution < -0.4 is 10.6 Å². The lowest BCUT2D eigenvalue weighted by molar-refractivity contribution is 0.0253. The van der Waals surface area contributed by atoms with E-state index in [9.17, 15) is 8.42 Å². The summed E-state index contributed by atoms with van der Waals surface area (Å²) in [7, 11) is -2.83. The molecule has 2 rings (SSSR count). The van der Waals surface area contributed by atoms with E-state index in [0.717, 1.165) is 26.2 Å². The Morgan fingerprint density at radius 1 is 1.56 bits per heavy atom. The Kier molecular flexibility index (Phi) is 3.53. The molecule has 2 saturated heterocycles. The van der Waals surface area contributed by atoms with Crippen molar-refractivity contribution >= 4 is 9.84 Å². The number of ether oxygens (including phenoxy) is 1. The zero-order chi connectivity index (χ0) is 11.6. The van der Waals surface area contributed by atoms with Crippen LogP contribution in [0.2, 0.25) is 0 Å². The van der Waals surface area contributed by atoms with Gasteiger partial charge >= 0.3 is 0 Å². The highest BCUT2D eigenvalue weighted by Gasteiger charge is 2.38. The van der Waals surface area contributed by atoms with Crippen LogP contribution in [-0.2, 0) is 14.6 Å². The van der Waals surface area contributed by atoms with Crippen molar-refractivity contribution in [2.75, 3.05) is 37.7 Å². The molecule has 2 atom stereocenters. The molecule has 6 heteroatoms. The van der Waals surface area contributed by atoms with Gasteiger partial charge in [0.15, 0.2) is 9.84 Å². The maximum atomic E-state index is 11.4. The largest absolute Gasteiger partial charge is 0.374 e. The lowest BCUT2D eigenvalue weighted by atomic mass is 10.0. The summed E-state index contributed by atoms with van der Waals surface area (Å²) < 4.78 is 28.4. The van der Waals surface area contributed by atoms with E-state index in [0.29, 0.717) is 12.2 Å². The Labute approximate surface area is 96.9 Å². The molecule has 2 aliphatic rings. The van der Waals surface area contributed by atoms with Gasteiger partial charge < -0.3 is 15.4 Å². The molecular weight excluding hydrogens is 228 g/mol. The molecule has 0 radical (unpaired) electrons. The van der Waals surface area contributed by atoms with Crippen LogP contribution in [0, 0.1) is 0 Å². The molecule has 2 unspecified atom stereocenters. The zero-order valence-corrected chi connectivity index (χ0v) is 10.5. The molecule has 0 spiro atoms. The second-order valence-electron chi connectivity index (χ2n) is 4.98. The van der Waals surface area contributed by atoms with Crippen molar-refractivity contribution in [2.45, 2.75) is 25.0 Å². The minimum atomic E-state index is -2.83. The zero-order valence-electron chi connectivity index (χ0n) is 9.66. The highest BCUT2D eigenvalue weighted by Crippen LogP contribution is 2.22. The standard InChI is InChI=1S/C10H20N2O3S/c1-10(2-5-16(13,14)8-10)12-7-9-6-11-3-4-15-9/h9,11-12H,2-8H2,1H3. The van der Waals surface area contributed by atoms with E-state index in [2.05, 4.69) is 10.6 Å². The lowest BCUT2D eigenvalue weighted by Gasteiger charge is -2.29. The van der Waals surface area contributed by atoms with E-state index >= 15 is 0 Å². The number of hydrogen-bond donors (Lipinski definition) is 2. The topological polar surface area (TPSA) is 67.4 Å². The summed E-state index contributed by atoms with van der Waals surface area (Å²) in [6.07, 6.45) is 0.865. The normalized spacial score (nSPS) is 38.7. The monoisotopic (exact) mass is 248 g/mol.